The number of carbonyl (C=O) groups is 1. The fraction of sp³-hybridized carbons (Fsp3) is 0.556. The van der Waals surface area contributed by atoms with E-state index in [0.29, 0.717) is 19.1 Å². The van der Waals surface area contributed by atoms with Gasteiger partial charge < -0.3 is 19.7 Å². The number of benzene rings is 1. The summed E-state index contributed by atoms with van der Waals surface area (Å²) in [4.78, 5) is 17.8. The molecule has 134 valence electrons. The van der Waals surface area contributed by atoms with E-state index >= 15 is 0 Å². The molecule has 0 unspecified atom stereocenters. The van der Waals surface area contributed by atoms with E-state index < -0.39 is 5.60 Å². The molecule has 0 aliphatic carbocycles. The number of carbonyl (C=O) groups excluding carboxylic acids is 1. The molecule has 1 N–H and O–H groups in total. The number of hydrogen-bond acceptors (Lipinski definition) is 4. The number of likely N-dealkylation sites (N-methyl/N-ethyl adjacent to an activating group) is 1. The van der Waals surface area contributed by atoms with Crippen LogP contribution >= 0.6 is 0 Å². The summed E-state index contributed by atoms with van der Waals surface area (Å²) in [5.74, 6) is 1.15. The van der Waals surface area contributed by atoms with Crippen molar-refractivity contribution in [2.75, 3.05) is 33.8 Å². The molecule has 1 aromatic rings. The highest BCUT2D eigenvalue weighted by Gasteiger charge is 2.17. The molecule has 6 nitrogen and oxygen atoms in total. The third-order valence-corrected chi connectivity index (χ3v) is 3.10. The zero-order valence-electron chi connectivity index (χ0n) is 15.5. The molecule has 0 radical (unpaired) electrons. The van der Waals surface area contributed by atoms with Gasteiger partial charge in [-0.1, -0.05) is 17.7 Å². The molecular formula is C18H29N3O3. The first-order chi connectivity index (χ1) is 11.2. The van der Waals surface area contributed by atoms with E-state index in [1.165, 1.54) is 5.56 Å². The Labute approximate surface area is 144 Å². The molecule has 1 rings (SSSR count). The van der Waals surface area contributed by atoms with Crippen LogP contribution in [-0.2, 0) is 9.53 Å². The minimum atomic E-state index is -0.490. The van der Waals surface area contributed by atoms with Gasteiger partial charge in [-0.2, -0.15) is 0 Å². The molecule has 0 atom stereocenters. The number of hydrogen-bond donors (Lipinski definition) is 1. The van der Waals surface area contributed by atoms with Gasteiger partial charge in [-0.15, -0.1) is 0 Å². The number of ether oxygens (including phenoxy) is 2. The van der Waals surface area contributed by atoms with Crippen LogP contribution in [0.2, 0.25) is 0 Å². The van der Waals surface area contributed by atoms with Crippen molar-refractivity contribution >= 4 is 11.9 Å². The Hall–Kier alpha value is -2.24. The third-order valence-electron chi connectivity index (χ3n) is 3.10. The van der Waals surface area contributed by atoms with E-state index in [9.17, 15) is 4.79 Å². The van der Waals surface area contributed by atoms with Crippen LogP contribution in [0, 0.1) is 6.92 Å². The lowest BCUT2D eigenvalue weighted by Crippen LogP contribution is -2.44. The Morgan fingerprint density at radius 1 is 1.25 bits per heavy atom. The fourth-order valence-corrected chi connectivity index (χ4v) is 1.95. The second-order valence-corrected chi connectivity index (χ2v) is 6.57. The second kappa shape index (κ2) is 9.15. The zero-order valence-corrected chi connectivity index (χ0v) is 15.5. The smallest absolute Gasteiger partial charge is 0.325 e. The van der Waals surface area contributed by atoms with Gasteiger partial charge in [0.05, 0.1) is 6.54 Å². The number of esters is 1. The molecule has 0 aliphatic rings. The van der Waals surface area contributed by atoms with Gasteiger partial charge in [-0.05, 0) is 39.8 Å². The van der Waals surface area contributed by atoms with Crippen LogP contribution in [0.5, 0.6) is 5.75 Å². The van der Waals surface area contributed by atoms with Gasteiger partial charge in [0, 0.05) is 14.1 Å². The van der Waals surface area contributed by atoms with Crippen molar-refractivity contribution in [1.29, 1.82) is 0 Å². The number of nitrogens with zero attached hydrogens (tertiary/aromatic N) is 2. The van der Waals surface area contributed by atoms with Crippen LogP contribution in [0.25, 0.3) is 0 Å². The molecule has 24 heavy (non-hydrogen) atoms. The van der Waals surface area contributed by atoms with E-state index in [2.05, 4.69) is 10.3 Å². The van der Waals surface area contributed by atoms with E-state index in [4.69, 9.17) is 9.47 Å². The SMILES string of the molecule is CN=C(NCC(=O)OC(C)(C)C)N(C)CCOc1ccc(C)cc1. The van der Waals surface area contributed by atoms with Crippen LogP contribution in [0.15, 0.2) is 29.3 Å². The Balaban J connectivity index is 2.37. The molecule has 0 saturated heterocycles. The van der Waals surface area contributed by atoms with Crippen LogP contribution < -0.4 is 10.1 Å². The molecule has 0 spiro atoms. The highest BCUT2D eigenvalue weighted by Crippen LogP contribution is 2.11. The third kappa shape index (κ3) is 7.85. The van der Waals surface area contributed by atoms with Crippen LogP contribution in [-0.4, -0.2) is 56.2 Å². The summed E-state index contributed by atoms with van der Waals surface area (Å²) in [6.45, 7) is 8.80. The Kier molecular flexibility index (Phi) is 7.55. The summed E-state index contributed by atoms with van der Waals surface area (Å²) >= 11 is 0. The van der Waals surface area contributed by atoms with E-state index in [1.54, 1.807) is 7.05 Å². The van der Waals surface area contributed by atoms with Crippen molar-refractivity contribution in [3.63, 3.8) is 0 Å². The lowest BCUT2D eigenvalue weighted by Gasteiger charge is -2.23. The van der Waals surface area contributed by atoms with Crippen LogP contribution in [0.4, 0.5) is 0 Å². The van der Waals surface area contributed by atoms with Crippen LogP contribution in [0.3, 0.4) is 0 Å². The van der Waals surface area contributed by atoms with Gasteiger partial charge in [0.1, 0.15) is 24.5 Å². The topological polar surface area (TPSA) is 63.2 Å². The summed E-state index contributed by atoms with van der Waals surface area (Å²) in [6.07, 6.45) is 0. The lowest BCUT2D eigenvalue weighted by atomic mass is 10.2. The largest absolute Gasteiger partial charge is 0.492 e. The maximum absolute atomic E-state index is 11.7. The van der Waals surface area contributed by atoms with Crippen molar-refractivity contribution < 1.29 is 14.3 Å². The van der Waals surface area contributed by atoms with Gasteiger partial charge in [0.25, 0.3) is 0 Å². The Bertz CT molecular complexity index is 548. The van der Waals surface area contributed by atoms with E-state index in [0.717, 1.165) is 5.75 Å². The molecule has 0 aliphatic heterocycles. The average Bonchev–Trinajstić information content (AvgIpc) is 2.48. The number of aryl methyl sites for hydroxylation is 1. The first-order valence-corrected chi connectivity index (χ1v) is 8.04. The number of aliphatic imine (C=N–C) groups is 1. The molecule has 6 heteroatoms. The first kappa shape index (κ1) is 19.8. The van der Waals surface area contributed by atoms with Gasteiger partial charge in [0.2, 0.25) is 0 Å². The van der Waals surface area contributed by atoms with Gasteiger partial charge in [0.15, 0.2) is 5.96 Å². The monoisotopic (exact) mass is 335 g/mol. The number of rotatable bonds is 6. The van der Waals surface area contributed by atoms with Crippen molar-refractivity contribution in [3.05, 3.63) is 29.8 Å². The lowest BCUT2D eigenvalue weighted by molar-refractivity contribution is -0.153. The first-order valence-electron chi connectivity index (χ1n) is 8.04. The highest BCUT2D eigenvalue weighted by atomic mass is 16.6. The fourth-order valence-electron chi connectivity index (χ4n) is 1.95. The summed E-state index contributed by atoms with van der Waals surface area (Å²) in [5.41, 5.74) is 0.710. The minimum absolute atomic E-state index is 0.0765. The molecular weight excluding hydrogens is 306 g/mol. The number of nitrogens with one attached hydrogen (secondary N) is 1. The summed E-state index contributed by atoms with van der Waals surface area (Å²) < 4.78 is 11.0. The number of guanidine groups is 1. The maximum atomic E-state index is 11.7. The van der Waals surface area contributed by atoms with Gasteiger partial charge in [-0.25, -0.2) is 0 Å². The van der Waals surface area contributed by atoms with Crippen molar-refractivity contribution in [2.24, 2.45) is 4.99 Å². The molecule has 0 amide bonds. The summed E-state index contributed by atoms with van der Waals surface area (Å²) in [7, 11) is 3.57. The van der Waals surface area contributed by atoms with Gasteiger partial charge >= 0.3 is 5.97 Å². The predicted molar refractivity (Wildman–Crippen MR) is 96.5 cm³/mol. The van der Waals surface area contributed by atoms with Crippen molar-refractivity contribution in [2.45, 2.75) is 33.3 Å². The quantitative estimate of drug-likeness (QED) is 0.491. The van der Waals surface area contributed by atoms with Crippen LogP contribution in [0.1, 0.15) is 26.3 Å². The average molecular weight is 335 g/mol. The van der Waals surface area contributed by atoms with E-state index in [-0.39, 0.29) is 12.5 Å². The molecule has 1 aromatic carbocycles. The molecule has 0 saturated carbocycles. The van der Waals surface area contributed by atoms with E-state index in [1.807, 2.05) is 63.9 Å². The zero-order chi connectivity index (χ0) is 18.2. The Morgan fingerprint density at radius 3 is 2.42 bits per heavy atom. The molecule has 0 heterocycles. The molecule has 0 fully saturated rings. The molecule has 0 aromatic heterocycles. The van der Waals surface area contributed by atoms with Crippen molar-refractivity contribution in [3.8, 4) is 5.75 Å². The minimum Gasteiger partial charge on any atom is -0.492 e. The standard InChI is InChI=1S/C18H29N3O3/c1-14-7-9-15(10-8-14)23-12-11-21(6)17(19-5)20-13-16(22)24-18(2,3)4/h7-10H,11-13H2,1-6H3,(H,19,20). The highest BCUT2D eigenvalue weighted by molar-refractivity contribution is 5.84. The normalized spacial score (nSPS) is 11.8. The maximum Gasteiger partial charge on any atom is 0.325 e. The summed E-state index contributed by atoms with van der Waals surface area (Å²) in [5, 5.41) is 2.99. The summed E-state index contributed by atoms with van der Waals surface area (Å²) in [6, 6.07) is 7.93. The second-order valence-electron chi connectivity index (χ2n) is 6.57. The Morgan fingerprint density at radius 2 is 1.88 bits per heavy atom. The predicted octanol–water partition coefficient (Wildman–Crippen LogP) is 2.22. The van der Waals surface area contributed by atoms with Gasteiger partial charge in [-0.3, -0.25) is 9.79 Å². The van der Waals surface area contributed by atoms with Crippen molar-refractivity contribution in [1.82, 2.24) is 10.2 Å². The molecule has 0 bridgehead atoms.